The summed E-state index contributed by atoms with van der Waals surface area (Å²) in [6.45, 7) is 2.98. The third-order valence-electron chi connectivity index (χ3n) is 5.14. The number of aromatic hydroxyl groups is 1. The number of hydrogen-bond acceptors (Lipinski definition) is 7. The number of nitrogens with zero attached hydrogens (tertiary/aromatic N) is 5. The number of β-amino-alcohol motifs (C(OH)–C–C–N with tert-alkyl or cyclic N) is 1. The van der Waals surface area contributed by atoms with Crippen LogP contribution in [-0.2, 0) is 13.1 Å². The number of rotatable bonds is 4. The molecule has 0 spiro atoms. The van der Waals surface area contributed by atoms with Crippen LogP contribution in [0.15, 0.2) is 30.6 Å². The summed E-state index contributed by atoms with van der Waals surface area (Å²) in [6.07, 6.45) is 2.03. The van der Waals surface area contributed by atoms with Gasteiger partial charge in [0.2, 0.25) is 0 Å². The molecule has 0 saturated carbocycles. The Hall–Kier alpha value is -2.38. The van der Waals surface area contributed by atoms with Gasteiger partial charge in [-0.2, -0.15) is 0 Å². The fourth-order valence-corrected chi connectivity index (χ4v) is 3.98. The van der Waals surface area contributed by atoms with E-state index < -0.39 is 0 Å². The zero-order valence-electron chi connectivity index (χ0n) is 15.2. The molecule has 4 rings (SSSR count). The highest BCUT2D eigenvalue weighted by atomic mass is 16.3. The average Bonchev–Trinajstić information content (AvgIpc) is 3.17. The Bertz CT molecular complexity index is 797. The number of aliphatic hydroxyl groups is 1. The van der Waals surface area contributed by atoms with Crippen LogP contribution in [0.25, 0.3) is 0 Å². The number of fused-ring (bicyclic) bond motifs is 1. The fraction of sp³-hybridized carbons (Fsp3) is 0.474. The highest BCUT2D eigenvalue weighted by molar-refractivity contribution is 5.55. The summed E-state index contributed by atoms with van der Waals surface area (Å²) in [6, 6.07) is 7.77. The Labute approximate surface area is 153 Å². The van der Waals surface area contributed by atoms with Gasteiger partial charge in [0.15, 0.2) is 0 Å². The molecule has 0 amide bonds. The van der Waals surface area contributed by atoms with Crippen molar-refractivity contribution in [2.24, 2.45) is 0 Å². The topological polar surface area (TPSA) is 76.0 Å². The SMILES string of the molecule is CN(C)C[C@H]1C[C@@H](O)CN1c1cc(N2Cc3ccc(O)cc3C2)ncn1. The van der Waals surface area contributed by atoms with Crippen LogP contribution in [0, 0.1) is 0 Å². The molecule has 0 aliphatic carbocycles. The monoisotopic (exact) mass is 355 g/mol. The van der Waals surface area contributed by atoms with Gasteiger partial charge in [-0.15, -0.1) is 0 Å². The summed E-state index contributed by atoms with van der Waals surface area (Å²) < 4.78 is 0. The van der Waals surface area contributed by atoms with E-state index in [2.05, 4.69) is 24.7 Å². The van der Waals surface area contributed by atoms with Gasteiger partial charge < -0.3 is 24.9 Å². The summed E-state index contributed by atoms with van der Waals surface area (Å²) in [5.41, 5.74) is 2.34. The van der Waals surface area contributed by atoms with E-state index in [1.54, 1.807) is 12.4 Å². The lowest BCUT2D eigenvalue weighted by Gasteiger charge is -2.28. The standard InChI is InChI=1S/C19H25N5O2/c1-22(2)10-15-6-17(26)11-24(15)19-7-18(20-12-21-19)23-8-13-3-4-16(25)5-14(13)9-23/h3-5,7,12,15,17,25-26H,6,8-11H2,1-2H3/t15-,17-/m1/s1. The fourth-order valence-electron chi connectivity index (χ4n) is 3.98. The second-order valence-electron chi connectivity index (χ2n) is 7.50. The summed E-state index contributed by atoms with van der Waals surface area (Å²) in [5, 5.41) is 19.8. The van der Waals surface area contributed by atoms with Crippen LogP contribution in [-0.4, -0.2) is 64.4 Å². The van der Waals surface area contributed by atoms with Crippen LogP contribution in [0.5, 0.6) is 5.75 Å². The van der Waals surface area contributed by atoms with Crippen LogP contribution in [0.3, 0.4) is 0 Å². The number of likely N-dealkylation sites (N-methyl/N-ethyl adjacent to an activating group) is 1. The maximum Gasteiger partial charge on any atom is 0.134 e. The normalized spacial score (nSPS) is 22.3. The van der Waals surface area contributed by atoms with E-state index in [0.29, 0.717) is 12.3 Å². The molecule has 1 aromatic carbocycles. The van der Waals surface area contributed by atoms with Crippen molar-refractivity contribution in [3.05, 3.63) is 41.7 Å². The minimum Gasteiger partial charge on any atom is -0.508 e. The smallest absolute Gasteiger partial charge is 0.134 e. The predicted molar refractivity (Wildman–Crippen MR) is 100 cm³/mol. The van der Waals surface area contributed by atoms with Crippen molar-refractivity contribution in [2.75, 3.05) is 37.0 Å². The van der Waals surface area contributed by atoms with Crippen molar-refractivity contribution in [1.82, 2.24) is 14.9 Å². The lowest BCUT2D eigenvalue weighted by molar-refractivity contribution is 0.191. The van der Waals surface area contributed by atoms with Crippen molar-refractivity contribution in [3.8, 4) is 5.75 Å². The molecule has 0 radical (unpaired) electrons. The highest BCUT2D eigenvalue weighted by Crippen LogP contribution is 2.32. The zero-order valence-corrected chi connectivity index (χ0v) is 15.2. The van der Waals surface area contributed by atoms with Crippen LogP contribution in [0.1, 0.15) is 17.5 Å². The second kappa shape index (κ2) is 6.74. The van der Waals surface area contributed by atoms with Gasteiger partial charge in [-0.3, -0.25) is 0 Å². The molecular formula is C19H25N5O2. The Morgan fingerprint density at radius 1 is 1.12 bits per heavy atom. The average molecular weight is 355 g/mol. The summed E-state index contributed by atoms with van der Waals surface area (Å²) >= 11 is 0. The van der Waals surface area contributed by atoms with E-state index in [9.17, 15) is 10.2 Å². The molecule has 3 heterocycles. The molecule has 2 aliphatic rings. The number of hydrogen-bond donors (Lipinski definition) is 2. The Morgan fingerprint density at radius 2 is 1.88 bits per heavy atom. The molecule has 2 aliphatic heterocycles. The molecule has 26 heavy (non-hydrogen) atoms. The minimum absolute atomic E-state index is 0.246. The van der Waals surface area contributed by atoms with Crippen LogP contribution in [0.4, 0.5) is 11.6 Å². The van der Waals surface area contributed by atoms with E-state index in [-0.39, 0.29) is 12.1 Å². The minimum atomic E-state index is -0.322. The Kier molecular flexibility index (Phi) is 4.42. The largest absolute Gasteiger partial charge is 0.508 e. The van der Waals surface area contributed by atoms with E-state index in [0.717, 1.165) is 43.3 Å². The first kappa shape index (κ1) is 17.1. The van der Waals surface area contributed by atoms with E-state index in [4.69, 9.17) is 0 Å². The molecule has 1 saturated heterocycles. The molecule has 1 aromatic heterocycles. The number of phenolic OH excluding ortho intramolecular Hbond substituents is 1. The van der Waals surface area contributed by atoms with Gasteiger partial charge in [0.1, 0.15) is 23.7 Å². The van der Waals surface area contributed by atoms with Gasteiger partial charge in [0, 0.05) is 38.3 Å². The van der Waals surface area contributed by atoms with E-state index in [1.807, 2.05) is 32.3 Å². The lowest BCUT2D eigenvalue weighted by atomic mass is 10.1. The van der Waals surface area contributed by atoms with Gasteiger partial charge in [-0.1, -0.05) is 6.07 Å². The Morgan fingerprint density at radius 3 is 2.69 bits per heavy atom. The molecule has 2 N–H and O–H groups in total. The first-order chi connectivity index (χ1) is 12.5. The molecule has 1 fully saturated rings. The molecule has 0 bridgehead atoms. The van der Waals surface area contributed by atoms with E-state index in [1.165, 1.54) is 5.56 Å². The van der Waals surface area contributed by atoms with Gasteiger partial charge >= 0.3 is 0 Å². The maximum absolute atomic E-state index is 10.1. The zero-order chi connectivity index (χ0) is 18.3. The first-order valence-corrected chi connectivity index (χ1v) is 8.97. The molecular weight excluding hydrogens is 330 g/mol. The Balaban J connectivity index is 1.56. The van der Waals surface area contributed by atoms with Gasteiger partial charge in [-0.05, 0) is 43.8 Å². The molecule has 7 heteroatoms. The van der Waals surface area contributed by atoms with Crippen LogP contribution >= 0.6 is 0 Å². The number of benzene rings is 1. The molecule has 0 unspecified atom stereocenters. The van der Waals surface area contributed by atoms with Crippen molar-refractivity contribution < 1.29 is 10.2 Å². The van der Waals surface area contributed by atoms with Gasteiger partial charge in [0.05, 0.1) is 6.10 Å². The van der Waals surface area contributed by atoms with Crippen molar-refractivity contribution in [3.63, 3.8) is 0 Å². The van der Waals surface area contributed by atoms with E-state index >= 15 is 0 Å². The van der Waals surface area contributed by atoms with Crippen molar-refractivity contribution >= 4 is 11.6 Å². The number of aromatic nitrogens is 2. The highest BCUT2D eigenvalue weighted by Gasteiger charge is 2.32. The second-order valence-corrected chi connectivity index (χ2v) is 7.50. The third-order valence-corrected chi connectivity index (χ3v) is 5.14. The van der Waals surface area contributed by atoms with Crippen LogP contribution in [0.2, 0.25) is 0 Å². The van der Waals surface area contributed by atoms with Gasteiger partial charge in [-0.25, -0.2) is 9.97 Å². The molecule has 2 atom stereocenters. The summed E-state index contributed by atoms with van der Waals surface area (Å²) in [7, 11) is 4.09. The summed E-state index contributed by atoms with van der Waals surface area (Å²) in [4.78, 5) is 15.4. The number of aliphatic hydroxyl groups excluding tert-OH is 1. The summed E-state index contributed by atoms with van der Waals surface area (Å²) in [5.74, 6) is 2.03. The first-order valence-electron chi connectivity index (χ1n) is 8.97. The van der Waals surface area contributed by atoms with Gasteiger partial charge in [0.25, 0.3) is 0 Å². The lowest BCUT2D eigenvalue weighted by Crippen LogP contribution is -2.38. The van der Waals surface area contributed by atoms with Crippen molar-refractivity contribution in [2.45, 2.75) is 31.7 Å². The quantitative estimate of drug-likeness (QED) is 0.853. The molecule has 7 nitrogen and oxygen atoms in total. The maximum atomic E-state index is 10.1. The molecule has 138 valence electrons. The van der Waals surface area contributed by atoms with Crippen LogP contribution < -0.4 is 9.80 Å². The predicted octanol–water partition coefficient (Wildman–Crippen LogP) is 1.20. The molecule has 2 aromatic rings. The number of phenols is 1. The number of anilines is 2. The van der Waals surface area contributed by atoms with Crippen molar-refractivity contribution in [1.29, 1.82) is 0 Å². The third kappa shape index (κ3) is 3.32.